The van der Waals surface area contributed by atoms with Crippen LogP contribution in [0.3, 0.4) is 0 Å². The molecule has 1 aliphatic rings. The Labute approximate surface area is 125 Å². The molecule has 3 nitrogen and oxygen atoms in total. The van der Waals surface area contributed by atoms with Gasteiger partial charge in [0.25, 0.3) is 0 Å². The molecule has 0 saturated carbocycles. The van der Waals surface area contributed by atoms with Gasteiger partial charge in [-0.1, -0.05) is 48.0 Å². The van der Waals surface area contributed by atoms with Crippen LogP contribution in [0, 0.1) is 6.92 Å². The fourth-order valence-corrected chi connectivity index (χ4v) is 2.39. The van der Waals surface area contributed by atoms with E-state index in [1.54, 1.807) is 0 Å². The molecule has 0 radical (unpaired) electrons. The Balaban J connectivity index is 1.88. The Kier molecular flexibility index (Phi) is 4.20. The third-order valence-corrected chi connectivity index (χ3v) is 3.55. The molecule has 0 aliphatic carbocycles. The van der Waals surface area contributed by atoms with Gasteiger partial charge in [0.15, 0.2) is 6.10 Å². The normalized spacial score (nSPS) is 15.8. The molecular formula is C18H20N2O. The van der Waals surface area contributed by atoms with Crippen molar-refractivity contribution in [1.29, 1.82) is 0 Å². The second kappa shape index (κ2) is 6.44. The van der Waals surface area contributed by atoms with Crippen molar-refractivity contribution in [3.05, 3.63) is 65.7 Å². The highest BCUT2D eigenvalue weighted by Gasteiger charge is 2.21. The summed E-state index contributed by atoms with van der Waals surface area (Å²) in [4.78, 5) is 4.60. The lowest BCUT2D eigenvalue weighted by Crippen LogP contribution is -2.36. The molecule has 1 aliphatic heterocycles. The highest BCUT2D eigenvalue weighted by Crippen LogP contribution is 2.24. The molecule has 1 unspecified atom stereocenters. The summed E-state index contributed by atoms with van der Waals surface area (Å²) in [5, 5.41) is 3.37. The van der Waals surface area contributed by atoms with Crippen LogP contribution >= 0.6 is 0 Å². The van der Waals surface area contributed by atoms with Crippen LogP contribution in [-0.2, 0) is 0 Å². The van der Waals surface area contributed by atoms with Gasteiger partial charge in [0, 0.05) is 13.1 Å². The summed E-state index contributed by atoms with van der Waals surface area (Å²) < 4.78 is 6.20. The van der Waals surface area contributed by atoms with Crippen LogP contribution in [0.25, 0.3) is 0 Å². The average molecular weight is 280 g/mol. The summed E-state index contributed by atoms with van der Waals surface area (Å²) in [7, 11) is 0. The molecule has 1 atom stereocenters. The van der Waals surface area contributed by atoms with E-state index in [-0.39, 0.29) is 6.10 Å². The zero-order valence-corrected chi connectivity index (χ0v) is 12.3. The van der Waals surface area contributed by atoms with Crippen molar-refractivity contribution in [2.75, 3.05) is 13.1 Å². The van der Waals surface area contributed by atoms with Gasteiger partial charge >= 0.3 is 0 Å². The van der Waals surface area contributed by atoms with Gasteiger partial charge in [-0.05, 0) is 31.0 Å². The molecule has 1 heterocycles. The summed E-state index contributed by atoms with van der Waals surface area (Å²) in [5.74, 6) is 1.79. The second-order valence-corrected chi connectivity index (χ2v) is 5.27. The van der Waals surface area contributed by atoms with E-state index in [2.05, 4.69) is 41.5 Å². The van der Waals surface area contributed by atoms with E-state index in [9.17, 15) is 0 Å². The Bertz CT molecular complexity index is 605. The molecule has 3 rings (SSSR count). The quantitative estimate of drug-likeness (QED) is 0.930. The molecule has 2 aromatic carbocycles. The minimum absolute atomic E-state index is 0.172. The molecule has 1 N–H and O–H groups in total. The molecule has 2 aromatic rings. The van der Waals surface area contributed by atoms with E-state index in [0.29, 0.717) is 0 Å². The highest BCUT2D eigenvalue weighted by atomic mass is 16.5. The van der Waals surface area contributed by atoms with Crippen molar-refractivity contribution < 1.29 is 4.74 Å². The lowest BCUT2D eigenvalue weighted by molar-refractivity contribution is 0.267. The lowest BCUT2D eigenvalue weighted by atomic mass is 10.1. The summed E-state index contributed by atoms with van der Waals surface area (Å²) >= 11 is 0. The van der Waals surface area contributed by atoms with Gasteiger partial charge in [-0.3, -0.25) is 4.99 Å². The van der Waals surface area contributed by atoms with Gasteiger partial charge in [0.1, 0.15) is 11.6 Å². The third kappa shape index (κ3) is 3.43. The maximum absolute atomic E-state index is 6.20. The molecule has 108 valence electrons. The van der Waals surface area contributed by atoms with E-state index in [1.165, 1.54) is 5.56 Å². The number of aryl methyl sites for hydroxylation is 1. The van der Waals surface area contributed by atoms with Gasteiger partial charge in [-0.2, -0.15) is 0 Å². The van der Waals surface area contributed by atoms with Gasteiger partial charge in [0.2, 0.25) is 0 Å². The van der Waals surface area contributed by atoms with Crippen LogP contribution in [0.5, 0.6) is 5.75 Å². The van der Waals surface area contributed by atoms with E-state index < -0.39 is 0 Å². The van der Waals surface area contributed by atoms with E-state index in [0.717, 1.165) is 36.7 Å². The van der Waals surface area contributed by atoms with Gasteiger partial charge in [-0.15, -0.1) is 0 Å². The van der Waals surface area contributed by atoms with Gasteiger partial charge < -0.3 is 10.1 Å². The molecule has 0 spiro atoms. The number of aliphatic imine (C=N–C) groups is 1. The number of amidine groups is 1. The standard InChI is InChI=1S/C18H20N2O/c1-14-8-10-16(11-9-14)21-17(15-6-3-2-4-7-15)18-19-12-5-13-20-18/h2-4,6-11,17H,5,12-13H2,1H3,(H,19,20). The first-order chi connectivity index (χ1) is 10.3. The number of rotatable bonds is 4. The van der Waals surface area contributed by atoms with Crippen LogP contribution in [0.2, 0.25) is 0 Å². The number of hydrogen-bond acceptors (Lipinski definition) is 3. The summed E-state index contributed by atoms with van der Waals surface area (Å²) in [6.07, 6.45) is 0.907. The summed E-state index contributed by atoms with van der Waals surface area (Å²) in [6, 6.07) is 18.4. The maximum atomic E-state index is 6.20. The molecule has 0 saturated heterocycles. The minimum atomic E-state index is -0.172. The monoisotopic (exact) mass is 280 g/mol. The molecule has 0 bridgehead atoms. The Morgan fingerprint density at radius 1 is 1.05 bits per heavy atom. The zero-order chi connectivity index (χ0) is 14.5. The smallest absolute Gasteiger partial charge is 0.180 e. The van der Waals surface area contributed by atoms with Crippen LogP contribution < -0.4 is 10.1 Å². The number of nitrogens with zero attached hydrogens (tertiary/aromatic N) is 1. The lowest BCUT2D eigenvalue weighted by Gasteiger charge is -2.25. The Morgan fingerprint density at radius 3 is 2.48 bits per heavy atom. The zero-order valence-electron chi connectivity index (χ0n) is 12.3. The molecule has 0 fully saturated rings. The molecule has 0 amide bonds. The fourth-order valence-electron chi connectivity index (χ4n) is 2.39. The second-order valence-electron chi connectivity index (χ2n) is 5.27. The number of hydrogen-bond donors (Lipinski definition) is 1. The topological polar surface area (TPSA) is 33.6 Å². The number of nitrogens with one attached hydrogen (secondary N) is 1. The van der Waals surface area contributed by atoms with Crippen molar-refractivity contribution >= 4 is 5.84 Å². The molecule has 21 heavy (non-hydrogen) atoms. The number of benzene rings is 2. The largest absolute Gasteiger partial charge is 0.478 e. The molecule has 0 aromatic heterocycles. The predicted molar refractivity (Wildman–Crippen MR) is 85.9 cm³/mol. The first-order valence-corrected chi connectivity index (χ1v) is 7.39. The third-order valence-electron chi connectivity index (χ3n) is 3.55. The van der Waals surface area contributed by atoms with E-state index >= 15 is 0 Å². The van der Waals surface area contributed by atoms with Crippen molar-refractivity contribution in [3.63, 3.8) is 0 Å². The van der Waals surface area contributed by atoms with Crippen molar-refractivity contribution in [2.45, 2.75) is 19.4 Å². The van der Waals surface area contributed by atoms with Crippen molar-refractivity contribution in [1.82, 2.24) is 5.32 Å². The van der Waals surface area contributed by atoms with E-state index in [4.69, 9.17) is 4.74 Å². The van der Waals surface area contributed by atoms with Crippen molar-refractivity contribution in [2.24, 2.45) is 4.99 Å². The maximum Gasteiger partial charge on any atom is 0.180 e. The van der Waals surface area contributed by atoms with E-state index in [1.807, 2.05) is 30.3 Å². The minimum Gasteiger partial charge on any atom is -0.478 e. The molecular weight excluding hydrogens is 260 g/mol. The SMILES string of the molecule is Cc1ccc(OC(C2=NCCCN2)c2ccccc2)cc1. The Morgan fingerprint density at radius 2 is 1.81 bits per heavy atom. The average Bonchev–Trinajstić information content (AvgIpc) is 2.56. The highest BCUT2D eigenvalue weighted by molar-refractivity contribution is 5.88. The first-order valence-electron chi connectivity index (χ1n) is 7.39. The van der Waals surface area contributed by atoms with Crippen molar-refractivity contribution in [3.8, 4) is 5.75 Å². The predicted octanol–water partition coefficient (Wildman–Crippen LogP) is 3.51. The fraction of sp³-hybridized carbons (Fsp3) is 0.278. The Hall–Kier alpha value is -2.29. The van der Waals surface area contributed by atoms with Crippen LogP contribution in [0.4, 0.5) is 0 Å². The van der Waals surface area contributed by atoms with Crippen LogP contribution in [-0.4, -0.2) is 18.9 Å². The van der Waals surface area contributed by atoms with Gasteiger partial charge in [-0.25, -0.2) is 0 Å². The number of ether oxygens (including phenoxy) is 1. The van der Waals surface area contributed by atoms with Gasteiger partial charge in [0.05, 0.1) is 0 Å². The summed E-state index contributed by atoms with van der Waals surface area (Å²) in [6.45, 7) is 3.90. The van der Waals surface area contributed by atoms with Crippen LogP contribution in [0.15, 0.2) is 59.6 Å². The summed E-state index contributed by atoms with van der Waals surface area (Å²) in [5.41, 5.74) is 2.35. The molecule has 3 heteroatoms. The first kappa shape index (κ1) is 13.7. The van der Waals surface area contributed by atoms with Crippen LogP contribution in [0.1, 0.15) is 23.7 Å².